The highest BCUT2D eigenvalue weighted by molar-refractivity contribution is 5.42. The minimum atomic E-state index is 0.556. The summed E-state index contributed by atoms with van der Waals surface area (Å²) in [6.45, 7) is 4.63. The number of hydrogen-bond acceptors (Lipinski definition) is 6. The average molecular weight is 327 g/mol. The van der Waals surface area contributed by atoms with Crippen LogP contribution in [0.25, 0.3) is 0 Å². The topological polar surface area (TPSA) is 54.4 Å². The lowest BCUT2D eigenvalue weighted by Gasteiger charge is -2.32. The molecule has 0 aromatic carbocycles. The number of aromatic nitrogens is 3. The molecule has 0 amide bonds. The van der Waals surface area contributed by atoms with Crippen molar-refractivity contribution in [2.45, 2.75) is 19.8 Å². The molecule has 2 aromatic heterocycles. The second-order valence-electron chi connectivity index (χ2n) is 6.47. The van der Waals surface area contributed by atoms with Gasteiger partial charge in [0.2, 0.25) is 11.8 Å². The highest BCUT2D eigenvalue weighted by Gasteiger charge is 2.22. The second-order valence-corrected chi connectivity index (χ2v) is 6.47. The van der Waals surface area contributed by atoms with Crippen LogP contribution < -0.4 is 14.5 Å². The van der Waals surface area contributed by atoms with Gasteiger partial charge in [-0.25, -0.2) is 9.97 Å². The number of nitrogens with zero attached hydrogens (tertiary/aromatic N) is 5. The Morgan fingerprint density at radius 3 is 2.67 bits per heavy atom. The van der Waals surface area contributed by atoms with Gasteiger partial charge >= 0.3 is 0 Å². The van der Waals surface area contributed by atoms with Crippen LogP contribution in [0.3, 0.4) is 0 Å². The van der Waals surface area contributed by atoms with E-state index < -0.39 is 0 Å². The third kappa shape index (κ3) is 4.13. The van der Waals surface area contributed by atoms with E-state index in [2.05, 4.69) is 19.9 Å². The Bertz CT molecular complexity index is 668. The van der Waals surface area contributed by atoms with Crippen LogP contribution in [0.1, 0.15) is 18.5 Å². The maximum atomic E-state index is 5.85. The number of rotatable bonds is 5. The van der Waals surface area contributed by atoms with E-state index in [0.717, 1.165) is 55.9 Å². The molecule has 0 radical (unpaired) electrons. The summed E-state index contributed by atoms with van der Waals surface area (Å²) in [5, 5.41) is 0. The number of ether oxygens (including phenoxy) is 1. The largest absolute Gasteiger partial charge is 0.477 e. The molecule has 0 unspecified atom stereocenters. The van der Waals surface area contributed by atoms with Gasteiger partial charge in [0.25, 0.3) is 0 Å². The molecule has 6 nitrogen and oxygen atoms in total. The van der Waals surface area contributed by atoms with Gasteiger partial charge in [-0.05, 0) is 37.8 Å². The van der Waals surface area contributed by atoms with Crippen LogP contribution in [0.15, 0.2) is 30.5 Å². The maximum absolute atomic E-state index is 5.85. The molecule has 0 spiro atoms. The van der Waals surface area contributed by atoms with Crippen molar-refractivity contribution in [3.8, 4) is 5.88 Å². The molecule has 0 N–H and O–H groups in total. The summed E-state index contributed by atoms with van der Waals surface area (Å²) >= 11 is 0. The van der Waals surface area contributed by atoms with Crippen molar-refractivity contribution >= 4 is 11.8 Å². The van der Waals surface area contributed by atoms with Gasteiger partial charge in [-0.2, -0.15) is 4.98 Å². The minimum Gasteiger partial charge on any atom is -0.477 e. The van der Waals surface area contributed by atoms with Crippen LogP contribution in [0.5, 0.6) is 5.88 Å². The van der Waals surface area contributed by atoms with Crippen molar-refractivity contribution in [2.75, 3.05) is 43.6 Å². The molecule has 1 aliphatic heterocycles. The second kappa shape index (κ2) is 7.47. The fourth-order valence-electron chi connectivity index (χ4n) is 2.84. The fraction of sp³-hybridized carbons (Fsp3) is 0.500. The Morgan fingerprint density at radius 2 is 1.96 bits per heavy atom. The van der Waals surface area contributed by atoms with Crippen molar-refractivity contribution in [1.29, 1.82) is 0 Å². The SMILES string of the molecule is Cc1cccc(OCC2CCN(c3nccc(N(C)C)n3)CC2)n1. The molecule has 1 saturated heterocycles. The molecule has 3 heterocycles. The molecular weight excluding hydrogens is 302 g/mol. The molecule has 3 rings (SSSR count). The summed E-state index contributed by atoms with van der Waals surface area (Å²) in [6.07, 6.45) is 4.00. The maximum Gasteiger partial charge on any atom is 0.227 e. The molecule has 6 heteroatoms. The standard InChI is InChI=1S/C18H25N5O/c1-14-5-4-6-17(20-14)24-13-15-8-11-23(12-9-15)18-19-10-7-16(21-18)22(2)3/h4-7,10,15H,8-9,11-13H2,1-3H3. The number of pyridine rings is 1. The molecule has 128 valence electrons. The van der Waals surface area contributed by atoms with Crippen LogP contribution in [0.2, 0.25) is 0 Å². The van der Waals surface area contributed by atoms with Crippen molar-refractivity contribution in [1.82, 2.24) is 15.0 Å². The van der Waals surface area contributed by atoms with E-state index in [-0.39, 0.29) is 0 Å². The summed E-state index contributed by atoms with van der Waals surface area (Å²) in [5.41, 5.74) is 0.986. The predicted molar refractivity (Wildman–Crippen MR) is 95.8 cm³/mol. The molecule has 2 aromatic rings. The minimum absolute atomic E-state index is 0.556. The smallest absolute Gasteiger partial charge is 0.227 e. The van der Waals surface area contributed by atoms with E-state index in [4.69, 9.17) is 4.74 Å². The number of hydrogen-bond donors (Lipinski definition) is 0. The number of aryl methyl sites for hydroxylation is 1. The van der Waals surface area contributed by atoms with Gasteiger partial charge in [0.05, 0.1) is 6.61 Å². The van der Waals surface area contributed by atoms with Crippen LogP contribution >= 0.6 is 0 Å². The zero-order valence-electron chi connectivity index (χ0n) is 14.6. The summed E-state index contributed by atoms with van der Waals surface area (Å²) in [7, 11) is 3.99. The average Bonchev–Trinajstić information content (AvgIpc) is 2.60. The van der Waals surface area contributed by atoms with Crippen LogP contribution in [-0.2, 0) is 0 Å². The highest BCUT2D eigenvalue weighted by Crippen LogP contribution is 2.22. The van der Waals surface area contributed by atoms with Crippen molar-refractivity contribution in [2.24, 2.45) is 5.92 Å². The van der Waals surface area contributed by atoms with E-state index in [1.807, 2.05) is 56.4 Å². The zero-order chi connectivity index (χ0) is 16.9. The van der Waals surface area contributed by atoms with E-state index >= 15 is 0 Å². The molecule has 0 aliphatic carbocycles. The van der Waals surface area contributed by atoms with Gasteiger partial charge in [-0.15, -0.1) is 0 Å². The van der Waals surface area contributed by atoms with Gasteiger partial charge in [0.15, 0.2) is 0 Å². The molecule has 0 saturated carbocycles. The Morgan fingerprint density at radius 1 is 1.17 bits per heavy atom. The molecule has 0 bridgehead atoms. The molecule has 1 fully saturated rings. The summed E-state index contributed by atoms with van der Waals surface area (Å²) in [4.78, 5) is 17.7. The van der Waals surface area contributed by atoms with E-state index in [9.17, 15) is 0 Å². The lowest BCUT2D eigenvalue weighted by atomic mass is 9.98. The van der Waals surface area contributed by atoms with Crippen molar-refractivity contribution in [3.05, 3.63) is 36.2 Å². The van der Waals surface area contributed by atoms with Gasteiger partial charge < -0.3 is 14.5 Å². The summed E-state index contributed by atoms with van der Waals surface area (Å²) in [5.74, 6) is 3.04. The first-order chi connectivity index (χ1) is 11.6. The third-order valence-electron chi connectivity index (χ3n) is 4.31. The predicted octanol–water partition coefficient (Wildman–Crippen LogP) is 2.54. The van der Waals surface area contributed by atoms with Gasteiger partial charge in [0.1, 0.15) is 5.82 Å². The summed E-state index contributed by atoms with van der Waals surface area (Å²) < 4.78 is 5.85. The van der Waals surface area contributed by atoms with E-state index in [1.165, 1.54) is 0 Å². The molecule has 0 atom stereocenters. The first kappa shape index (κ1) is 16.5. The molecular formula is C18H25N5O. The van der Waals surface area contributed by atoms with E-state index in [1.54, 1.807) is 0 Å². The van der Waals surface area contributed by atoms with Crippen LogP contribution in [-0.4, -0.2) is 48.7 Å². The number of piperidine rings is 1. The Kier molecular flexibility index (Phi) is 5.13. The van der Waals surface area contributed by atoms with Gasteiger partial charge in [0, 0.05) is 45.1 Å². The van der Waals surface area contributed by atoms with Crippen LogP contribution in [0, 0.1) is 12.8 Å². The Hall–Kier alpha value is -2.37. The monoisotopic (exact) mass is 327 g/mol. The first-order valence-electron chi connectivity index (χ1n) is 8.43. The lowest BCUT2D eigenvalue weighted by Crippen LogP contribution is -2.36. The van der Waals surface area contributed by atoms with Gasteiger partial charge in [-0.3, -0.25) is 0 Å². The molecule has 24 heavy (non-hydrogen) atoms. The molecule has 1 aliphatic rings. The fourth-order valence-corrected chi connectivity index (χ4v) is 2.84. The normalized spacial score (nSPS) is 15.4. The van der Waals surface area contributed by atoms with Crippen molar-refractivity contribution < 1.29 is 4.74 Å². The van der Waals surface area contributed by atoms with E-state index in [0.29, 0.717) is 5.92 Å². The van der Waals surface area contributed by atoms with Crippen molar-refractivity contribution in [3.63, 3.8) is 0 Å². The lowest BCUT2D eigenvalue weighted by molar-refractivity contribution is 0.215. The highest BCUT2D eigenvalue weighted by atomic mass is 16.5. The first-order valence-corrected chi connectivity index (χ1v) is 8.43. The number of anilines is 2. The summed E-state index contributed by atoms with van der Waals surface area (Å²) in [6, 6.07) is 7.81. The van der Waals surface area contributed by atoms with Crippen LogP contribution in [0.4, 0.5) is 11.8 Å². The van der Waals surface area contributed by atoms with Gasteiger partial charge in [-0.1, -0.05) is 6.07 Å². The zero-order valence-corrected chi connectivity index (χ0v) is 14.6. The third-order valence-corrected chi connectivity index (χ3v) is 4.31. The Labute approximate surface area is 143 Å². The Balaban J connectivity index is 1.51. The quantitative estimate of drug-likeness (QED) is 0.841.